The van der Waals surface area contributed by atoms with Crippen molar-refractivity contribution in [2.24, 2.45) is 5.73 Å². The summed E-state index contributed by atoms with van der Waals surface area (Å²) in [5.41, 5.74) is 6.24. The second-order valence-corrected chi connectivity index (χ2v) is 8.78. The number of carbonyl (C=O) groups excluding carboxylic acids is 1. The van der Waals surface area contributed by atoms with Gasteiger partial charge < -0.3 is 15.8 Å². The summed E-state index contributed by atoms with van der Waals surface area (Å²) in [5, 5.41) is 3.67. The summed E-state index contributed by atoms with van der Waals surface area (Å²) in [7, 11) is 0. The standard InChI is InChI=1S/C18H18FIN4OS/c19-14-8-11(20)3-4-15(14)23-17-18(10-25,24-7-5-12(24)9-21)13-2-1-6-22-16(13)26-17/h1-4,6,8,10,12,17,23H,5,7,9,21H2. The first kappa shape index (κ1) is 18.1. The molecule has 0 saturated carbocycles. The largest absolute Gasteiger partial charge is 0.368 e. The molecular formula is C18H18FIN4OS. The number of nitrogens with two attached hydrogens (primary N) is 1. The highest BCUT2D eigenvalue weighted by molar-refractivity contribution is 14.1. The van der Waals surface area contributed by atoms with Gasteiger partial charge in [-0.15, -0.1) is 0 Å². The van der Waals surface area contributed by atoms with Crippen LogP contribution in [0.2, 0.25) is 0 Å². The van der Waals surface area contributed by atoms with E-state index >= 15 is 0 Å². The number of thioether (sulfide) groups is 1. The third-order valence-electron chi connectivity index (χ3n) is 5.12. The average Bonchev–Trinajstić information content (AvgIpc) is 2.91. The zero-order chi connectivity index (χ0) is 18.3. The quantitative estimate of drug-likeness (QED) is 0.503. The maximum absolute atomic E-state index is 14.4. The molecule has 1 fully saturated rings. The van der Waals surface area contributed by atoms with Crippen LogP contribution < -0.4 is 11.1 Å². The second kappa shape index (κ2) is 7.06. The van der Waals surface area contributed by atoms with E-state index in [0.717, 1.165) is 33.4 Å². The Labute approximate surface area is 169 Å². The Morgan fingerprint density at radius 1 is 1.50 bits per heavy atom. The molecule has 1 aromatic carbocycles. The molecule has 136 valence electrons. The van der Waals surface area contributed by atoms with Gasteiger partial charge in [0.25, 0.3) is 0 Å². The summed E-state index contributed by atoms with van der Waals surface area (Å²) in [5.74, 6) is -0.333. The molecular weight excluding hydrogens is 466 g/mol. The predicted octanol–water partition coefficient (Wildman–Crippen LogP) is 2.80. The Balaban J connectivity index is 1.77. The van der Waals surface area contributed by atoms with Crippen molar-refractivity contribution in [3.63, 3.8) is 0 Å². The molecule has 26 heavy (non-hydrogen) atoms. The summed E-state index contributed by atoms with van der Waals surface area (Å²) >= 11 is 3.53. The van der Waals surface area contributed by atoms with E-state index < -0.39 is 5.54 Å². The molecule has 3 heterocycles. The van der Waals surface area contributed by atoms with Crippen molar-refractivity contribution >= 4 is 46.3 Å². The number of aldehydes is 1. The van der Waals surface area contributed by atoms with Crippen molar-refractivity contribution in [3.05, 3.63) is 51.5 Å². The van der Waals surface area contributed by atoms with E-state index in [1.165, 1.54) is 17.8 Å². The molecule has 5 nitrogen and oxygen atoms in total. The van der Waals surface area contributed by atoms with E-state index in [0.29, 0.717) is 12.2 Å². The van der Waals surface area contributed by atoms with Crippen LogP contribution in [0.25, 0.3) is 0 Å². The molecule has 0 amide bonds. The minimum Gasteiger partial charge on any atom is -0.368 e. The number of anilines is 1. The molecule has 3 atom stereocenters. The smallest absolute Gasteiger partial charge is 0.147 e. The fraction of sp³-hybridized carbons (Fsp3) is 0.333. The van der Waals surface area contributed by atoms with Crippen LogP contribution in [-0.4, -0.2) is 40.7 Å². The molecule has 0 radical (unpaired) electrons. The van der Waals surface area contributed by atoms with Crippen LogP contribution in [0, 0.1) is 9.39 Å². The number of nitrogens with zero attached hydrogens (tertiary/aromatic N) is 2. The van der Waals surface area contributed by atoms with Gasteiger partial charge in [-0.05, 0) is 53.3 Å². The minimum atomic E-state index is -0.911. The van der Waals surface area contributed by atoms with E-state index in [-0.39, 0.29) is 17.2 Å². The summed E-state index contributed by atoms with van der Waals surface area (Å²) in [6.07, 6.45) is 3.64. The Morgan fingerprint density at radius 3 is 3.00 bits per heavy atom. The summed E-state index contributed by atoms with van der Waals surface area (Å²) in [6.45, 7) is 1.27. The number of benzene rings is 1. The summed E-state index contributed by atoms with van der Waals surface area (Å²) in [6, 6.07) is 8.93. The zero-order valence-corrected chi connectivity index (χ0v) is 16.8. The lowest BCUT2D eigenvalue weighted by Gasteiger charge is -2.51. The molecule has 4 rings (SSSR count). The Hall–Kier alpha value is -1.23. The maximum Gasteiger partial charge on any atom is 0.147 e. The van der Waals surface area contributed by atoms with Gasteiger partial charge in [0.05, 0.1) is 5.69 Å². The fourth-order valence-corrected chi connectivity index (χ4v) is 5.53. The van der Waals surface area contributed by atoms with Crippen molar-refractivity contribution in [2.75, 3.05) is 18.4 Å². The van der Waals surface area contributed by atoms with Crippen LogP contribution in [-0.2, 0) is 10.3 Å². The normalized spacial score (nSPS) is 27.7. The molecule has 0 aliphatic carbocycles. The molecule has 2 aliphatic heterocycles. The monoisotopic (exact) mass is 484 g/mol. The fourth-order valence-electron chi connectivity index (χ4n) is 3.69. The topological polar surface area (TPSA) is 71.2 Å². The molecule has 2 aromatic rings. The van der Waals surface area contributed by atoms with Crippen LogP contribution >= 0.6 is 34.4 Å². The van der Waals surface area contributed by atoms with Gasteiger partial charge in [-0.2, -0.15) is 0 Å². The van der Waals surface area contributed by atoms with Crippen LogP contribution in [0.4, 0.5) is 10.1 Å². The van der Waals surface area contributed by atoms with E-state index in [1.54, 1.807) is 12.3 Å². The van der Waals surface area contributed by atoms with E-state index in [4.69, 9.17) is 5.73 Å². The van der Waals surface area contributed by atoms with E-state index in [9.17, 15) is 9.18 Å². The van der Waals surface area contributed by atoms with Crippen molar-refractivity contribution in [1.29, 1.82) is 0 Å². The highest BCUT2D eigenvalue weighted by Gasteiger charge is 2.56. The van der Waals surface area contributed by atoms with Crippen LogP contribution in [0.1, 0.15) is 12.0 Å². The lowest BCUT2D eigenvalue weighted by atomic mass is 9.84. The zero-order valence-electron chi connectivity index (χ0n) is 13.9. The summed E-state index contributed by atoms with van der Waals surface area (Å²) in [4.78, 5) is 19.0. The van der Waals surface area contributed by atoms with Gasteiger partial charge in [0.15, 0.2) is 0 Å². The number of pyridine rings is 1. The molecule has 8 heteroatoms. The van der Waals surface area contributed by atoms with Gasteiger partial charge >= 0.3 is 0 Å². The number of nitrogens with one attached hydrogen (secondary N) is 1. The Bertz CT molecular complexity index is 852. The van der Waals surface area contributed by atoms with Gasteiger partial charge in [-0.1, -0.05) is 17.8 Å². The number of halogens is 2. The summed E-state index contributed by atoms with van der Waals surface area (Å²) < 4.78 is 15.2. The number of likely N-dealkylation sites (tertiary alicyclic amines) is 1. The van der Waals surface area contributed by atoms with Crippen molar-refractivity contribution in [2.45, 2.75) is 28.4 Å². The number of rotatable bonds is 5. The van der Waals surface area contributed by atoms with Crippen molar-refractivity contribution < 1.29 is 9.18 Å². The second-order valence-electron chi connectivity index (χ2n) is 6.44. The molecule has 2 aliphatic rings. The molecule has 3 unspecified atom stereocenters. The highest BCUT2D eigenvalue weighted by Crippen LogP contribution is 2.52. The Morgan fingerprint density at radius 2 is 2.35 bits per heavy atom. The predicted molar refractivity (Wildman–Crippen MR) is 109 cm³/mol. The average molecular weight is 484 g/mol. The molecule has 0 spiro atoms. The first-order valence-electron chi connectivity index (χ1n) is 8.37. The molecule has 1 saturated heterocycles. The maximum atomic E-state index is 14.4. The molecule has 3 N–H and O–H groups in total. The third-order valence-corrected chi connectivity index (χ3v) is 7.05. The number of hydrogen-bond acceptors (Lipinski definition) is 6. The van der Waals surface area contributed by atoms with Gasteiger partial charge in [0.1, 0.15) is 28.0 Å². The number of carbonyl (C=O) groups is 1. The molecule has 0 bridgehead atoms. The van der Waals surface area contributed by atoms with Crippen molar-refractivity contribution in [3.8, 4) is 0 Å². The SMILES string of the molecule is NCC1CCN1C1(C=O)c2cccnc2SC1Nc1ccc(I)cc1F. The van der Waals surface area contributed by atoms with Crippen LogP contribution in [0.5, 0.6) is 0 Å². The van der Waals surface area contributed by atoms with Gasteiger partial charge in [0, 0.05) is 34.5 Å². The van der Waals surface area contributed by atoms with Gasteiger partial charge in [0.2, 0.25) is 0 Å². The van der Waals surface area contributed by atoms with Gasteiger partial charge in [-0.3, -0.25) is 4.90 Å². The first-order valence-corrected chi connectivity index (χ1v) is 10.3. The lowest BCUT2D eigenvalue weighted by molar-refractivity contribution is -0.125. The Kier molecular flexibility index (Phi) is 4.93. The minimum absolute atomic E-state index is 0.137. The number of hydrogen-bond donors (Lipinski definition) is 2. The number of fused-ring (bicyclic) bond motifs is 1. The first-order chi connectivity index (χ1) is 12.6. The van der Waals surface area contributed by atoms with Crippen LogP contribution in [0.3, 0.4) is 0 Å². The third kappa shape index (κ3) is 2.74. The van der Waals surface area contributed by atoms with Crippen LogP contribution in [0.15, 0.2) is 41.6 Å². The lowest BCUT2D eigenvalue weighted by Crippen LogP contribution is -2.66. The highest BCUT2D eigenvalue weighted by atomic mass is 127. The number of aromatic nitrogens is 1. The van der Waals surface area contributed by atoms with Gasteiger partial charge in [-0.25, -0.2) is 9.37 Å². The molecule has 1 aromatic heterocycles. The van der Waals surface area contributed by atoms with Crippen molar-refractivity contribution in [1.82, 2.24) is 9.88 Å². The van der Waals surface area contributed by atoms with E-state index in [2.05, 4.69) is 37.8 Å². The van der Waals surface area contributed by atoms with E-state index in [1.807, 2.05) is 18.2 Å².